The number of hydrogen-bond donors (Lipinski definition) is 0. The van der Waals surface area contributed by atoms with E-state index in [0.29, 0.717) is 10.5 Å². The van der Waals surface area contributed by atoms with Crippen molar-refractivity contribution >= 4 is 28.4 Å². The van der Waals surface area contributed by atoms with E-state index in [1.807, 2.05) is 24.4 Å². The van der Waals surface area contributed by atoms with E-state index in [4.69, 9.17) is 4.74 Å². The Morgan fingerprint density at radius 1 is 1.37 bits per heavy atom. The van der Waals surface area contributed by atoms with Gasteiger partial charge >= 0.3 is 0 Å². The summed E-state index contributed by atoms with van der Waals surface area (Å²) in [6.45, 7) is 2.33. The number of ether oxygens (including phenoxy) is 1. The molecule has 2 aliphatic heterocycles. The van der Waals surface area contributed by atoms with Gasteiger partial charge in [-0.1, -0.05) is 52.9 Å². The molecule has 0 N–H and O–H groups in total. The highest BCUT2D eigenvalue weighted by Crippen LogP contribution is 2.39. The summed E-state index contributed by atoms with van der Waals surface area (Å²) in [4.78, 5) is 13.9. The van der Waals surface area contributed by atoms with Crippen molar-refractivity contribution in [3.05, 3.63) is 47.7 Å². The van der Waals surface area contributed by atoms with Gasteiger partial charge in [0.2, 0.25) is 0 Å². The number of fused-ring (bicyclic) bond motifs is 1. The fourth-order valence-corrected chi connectivity index (χ4v) is 3.77. The van der Waals surface area contributed by atoms with Crippen molar-refractivity contribution < 1.29 is 9.53 Å². The van der Waals surface area contributed by atoms with E-state index in [9.17, 15) is 4.79 Å². The van der Waals surface area contributed by atoms with E-state index in [1.165, 1.54) is 5.56 Å². The lowest BCUT2D eigenvalue weighted by Gasteiger charge is -2.34. The number of rotatable bonds is 2. The average molecular weight is 369 g/mol. The Kier molecular flexibility index (Phi) is 3.62. The lowest BCUT2D eigenvalue weighted by molar-refractivity contribution is -0.114. The normalized spacial score (nSPS) is 29.9. The molecule has 0 saturated carbocycles. The predicted octanol–water partition coefficient (Wildman–Crippen LogP) is 3.07. The SMILES string of the molecule is CC(=O)C1=CN2[C@H](c3ccccc3)CO[C@H]2[C@H](I)C1. The van der Waals surface area contributed by atoms with Crippen molar-refractivity contribution in [2.45, 2.75) is 29.5 Å². The minimum Gasteiger partial charge on any atom is -0.355 e. The minimum absolute atomic E-state index is 0.0916. The first-order chi connectivity index (χ1) is 9.16. The van der Waals surface area contributed by atoms with Gasteiger partial charge in [-0.25, -0.2) is 0 Å². The van der Waals surface area contributed by atoms with Crippen LogP contribution in [0, 0.1) is 0 Å². The molecule has 1 aromatic carbocycles. The summed E-state index contributed by atoms with van der Waals surface area (Å²) in [5, 5.41) is 0. The summed E-state index contributed by atoms with van der Waals surface area (Å²) in [5.41, 5.74) is 2.15. The smallest absolute Gasteiger partial charge is 0.157 e. The Morgan fingerprint density at radius 3 is 2.79 bits per heavy atom. The van der Waals surface area contributed by atoms with E-state index in [0.717, 1.165) is 12.0 Å². The Balaban J connectivity index is 1.94. The Morgan fingerprint density at radius 2 is 2.11 bits per heavy atom. The first-order valence-corrected chi connectivity index (χ1v) is 7.71. The first kappa shape index (κ1) is 13.1. The van der Waals surface area contributed by atoms with Crippen LogP contribution in [0.25, 0.3) is 0 Å². The molecule has 0 amide bonds. The van der Waals surface area contributed by atoms with Crippen molar-refractivity contribution in [2.24, 2.45) is 0 Å². The summed E-state index contributed by atoms with van der Waals surface area (Å²) in [7, 11) is 0. The van der Waals surface area contributed by atoms with Crippen molar-refractivity contribution in [3.8, 4) is 0 Å². The van der Waals surface area contributed by atoms with E-state index in [-0.39, 0.29) is 18.1 Å². The zero-order chi connectivity index (χ0) is 13.4. The molecule has 19 heavy (non-hydrogen) atoms. The zero-order valence-corrected chi connectivity index (χ0v) is 12.9. The predicted molar refractivity (Wildman–Crippen MR) is 82.0 cm³/mol. The third-order valence-electron chi connectivity index (χ3n) is 3.74. The average Bonchev–Trinajstić information content (AvgIpc) is 2.84. The fourth-order valence-electron chi connectivity index (χ4n) is 2.72. The van der Waals surface area contributed by atoms with Gasteiger partial charge in [0.05, 0.1) is 16.6 Å². The monoisotopic (exact) mass is 369 g/mol. The maximum absolute atomic E-state index is 11.6. The van der Waals surface area contributed by atoms with Crippen molar-refractivity contribution in [1.29, 1.82) is 0 Å². The number of nitrogens with zero attached hydrogens (tertiary/aromatic N) is 1. The largest absolute Gasteiger partial charge is 0.355 e. The van der Waals surface area contributed by atoms with E-state index >= 15 is 0 Å². The highest BCUT2D eigenvalue weighted by atomic mass is 127. The number of carbonyl (C=O) groups excluding carboxylic acids is 1. The highest BCUT2D eigenvalue weighted by molar-refractivity contribution is 14.1. The Labute approximate surface area is 126 Å². The van der Waals surface area contributed by atoms with Gasteiger partial charge in [-0.15, -0.1) is 0 Å². The fraction of sp³-hybridized carbons (Fsp3) is 0.400. The van der Waals surface area contributed by atoms with Gasteiger partial charge in [0.1, 0.15) is 6.23 Å². The van der Waals surface area contributed by atoms with Gasteiger partial charge in [-0.05, 0) is 18.9 Å². The van der Waals surface area contributed by atoms with Crippen LogP contribution in [0.3, 0.4) is 0 Å². The molecule has 0 spiro atoms. The Hall–Kier alpha value is -0.880. The van der Waals surface area contributed by atoms with Gasteiger partial charge in [-0.3, -0.25) is 4.79 Å². The van der Waals surface area contributed by atoms with Crippen LogP contribution in [-0.2, 0) is 9.53 Å². The standard InChI is InChI=1S/C15H16INO2/c1-10(18)12-7-13(16)15-17(8-12)14(9-19-15)11-5-3-2-4-6-11/h2-6,8,13-15H,7,9H2,1H3/t13-,14+,15+/m1/s1. The van der Waals surface area contributed by atoms with E-state index in [2.05, 4.69) is 39.6 Å². The summed E-state index contributed by atoms with van der Waals surface area (Å²) in [5.74, 6) is 0.166. The molecule has 3 atom stereocenters. The lowest BCUT2D eigenvalue weighted by atomic mass is 10.0. The molecule has 0 bridgehead atoms. The molecule has 1 fully saturated rings. The third-order valence-corrected chi connectivity index (χ3v) is 4.80. The second-order valence-electron chi connectivity index (χ2n) is 5.03. The lowest BCUT2D eigenvalue weighted by Crippen LogP contribution is -2.39. The summed E-state index contributed by atoms with van der Waals surface area (Å²) >= 11 is 2.39. The molecule has 0 aliphatic carbocycles. The minimum atomic E-state index is 0.0916. The van der Waals surface area contributed by atoms with E-state index in [1.54, 1.807) is 6.92 Å². The number of allylic oxidation sites excluding steroid dienone is 1. The molecule has 1 saturated heterocycles. The number of hydrogen-bond acceptors (Lipinski definition) is 3. The summed E-state index contributed by atoms with van der Waals surface area (Å²) in [6.07, 6.45) is 2.90. The molecule has 0 unspecified atom stereocenters. The van der Waals surface area contributed by atoms with Gasteiger partial charge in [-0.2, -0.15) is 0 Å². The maximum atomic E-state index is 11.6. The van der Waals surface area contributed by atoms with Gasteiger partial charge in [0.25, 0.3) is 0 Å². The summed E-state index contributed by atoms with van der Waals surface area (Å²) < 4.78 is 6.26. The quantitative estimate of drug-likeness (QED) is 0.593. The number of carbonyl (C=O) groups is 1. The zero-order valence-electron chi connectivity index (χ0n) is 10.8. The number of Topliss-reactive ketones (excluding diaryl/α,β-unsaturated/α-hetero) is 1. The maximum Gasteiger partial charge on any atom is 0.157 e. The van der Waals surface area contributed by atoms with Crippen LogP contribution in [0.5, 0.6) is 0 Å². The third kappa shape index (κ3) is 2.43. The molecule has 100 valence electrons. The molecule has 3 nitrogen and oxygen atoms in total. The van der Waals surface area contributed by atoms with Crippen molar-refractivity contribution in [2.75, 3.05) is 6.61 Å². The van der Waals surface area contributed by atoms with Crippen molar-refractivity contribution in [1.82, 2.24) is 4.90 Å². The molecule has 2 aliphatic rings. The van der Waals surface area contributed by atoms with Crippen LogP contribution < -0.4 is 0 Å². The van der Waals surface area contributed by atoms with Gasteiger partial charge in [0.15, 0.2) is 5.78 Å². The molecule has 2 heterocycles. The van der Waals surface area contributed by atoms with Crippen LogP contribution in [0.1, 0.15) is 24.9 Å². The molecule has 4 heteroatoms. The molecular formula is C15H16INO2. The number of ketones is 1. The van der Waals surface area contributed by atoms with Crippen LogP contribution in [0.15, 0.2) is 42.1 Å². The summed E-state index contributed by atoms with van der Waals surface area (Å²) in [6, 6.07) is 10.6. The molecule has 1 aromatic rings. The molecule has 0 aromatic heterocycles. The molecule has 3 rings (SSSR count). The Bertz CT molecular complexity index is 514. The van der Waals surface area contributed by atoms with Crippen LogP contribution in [0.2, 0.25) is 0 Å². The topological polar surface area (TPSA) is 29.5 Å². The second kappa shape index (κ2) is 5.25. The second-order valence-corrected chi connectivity index (χ2v) is 6.63. The van der Waals surface area contributed by atoms with Crippen molar-refractivity contribution in [3.63, 3.8) is 0 Å². The number of halogens is 1. The van der Waals surface area contributed by atoms with Gasteiger partial charge in [0, 0.05) is 11.8 Å². The van der Waals surface area contributed by atoms with Gasteiger partial charge < -0.3 is 9.64 Å². The first-order valence-electron chi connectivity index (χ1n) is 6.46. The van der Waals surface area contributed by atoms with Crippen LogP contribution >= 0.6 is 22.6 Å². The van der Waals surface area contributed by atoms with Crippen LogP contribution in [-0.4, -0.2) is 27.4 Å². The van der Waals surface area contributed by atoms with E-state index < -0.39 is 0 Å². The number of alkyl halides is 1. The molecular weight excluding hydrogens is 353 g/mol. The number of benzene rings is 1. The highest BCUT2D eigenvalue weighted by Gasteiger charge is 2.40. The van der Waals surface area contributed by atoms with Crippen LogP contribution in [0.4, 0.5) is 0 Å². The molecule has 0 radical (unpaired) electrons.